The zero-order valence-corrected chi connectivity index (χ0v) is 16.9. The molecule has 0 radical (unpaired) electrons. The Balaban J connectivity index is 1.69. The van der Waals surface area contributed by atoms with Crippen molar-refractivity contribution < 1.29 is 14.3 Å². The monoisotopic (exact) mass is 373 g/mol. The van der Waals surface area contributed by atoms with Crippen LogP contribution in [-0.2, 0) is 15.0 Å². The summed E-state index contributed by atoms with van der Waals surface area (Å²) in [5, 5.41) is 3.02. The van der Waals surface area contributed by atoms with Gasteiger partial charge in [-0.25, -0.2) is 0 Å². The molecule has 1 atom stereocenters. The summed E-state index contributed by atoms with van der Waals surface area (Å²) in [5.41, 5.74) is 1.74. The number of fused-ring (bicyclic) bond motifs is 1. The predicted molar refractivity (Wildman–Crippen MR) is 106 cm³/mol. The maximum Gasteiger partial charge on any atom is 0.265 e. The predicted octanol–water partition coefficient (Wildman–Crippen LogP) is 2.31. The molecule has 2 heterocycles. The Morgan fingerprint density at radius 2 is 2.11 bits per heavy atom. The maximum atomic E-state index is 12.5. The number of ether oxygens (including phenoxy) is 1. The third-order valence-electron chi connectivity index (χ3n) is 5.51. The highest BCUT2D eigenvalue weighted by molar-refractivity contribution is 6.02. The fraction of sp³-hybridized carbons (Fsp3) is 0.619. The van der Waals surface area contributed by atoms with Crippen LogP contribution in [0.1, 0.15) is 46.1 Å². The van der Waals surface area contributed by atoms with Crippen molar-refractivity contribution in [2.24, 2.45) is 0 Å². The Morgan fingerprint density at radius 3 is 2.81 bits per heavy atom. The largest absolute Gasteiger partial charge is 0.482 e. The Bertz CT molecular complexity index is 711. The second kappa shape index (κ2) is 7.89. The SMILES string of the molecule is CCN1CCCC1CNC(=O)CN1C(=O)COc2ccc(C(C)(C)C)cc21. The van der Waals surface area contributed by atoms with Crippen LogP contribution in [0.5, 0.6) is 5.75 Å². The van der Waals surface area contributed by atoms with E-state index in [0.29, 0.717) is 24.0 Å². The maximum absolute atomic E-state index is 12.5. The first-order chi connectivity index (χ1) is 12.8. The molecule has 3 rings (SSSR count). The number of carbonyl (C=O) groups is 2. The molecule has 2 aliphatic heterocycles. The summed E-state index contributed by atoms with van der Waals surface area (Å²) in [5.74, 6) is 0.350. The molecule has 0 aliphatic carbocycles. The number of amides is 2. The number of carbonyl (C=O) groups excluding carboxylic acids is 2. The van der Waals surface area contributed by atoms with Gasteiger partial charge in [0.15, 0.2) is 6.61 Å². The van der Waals surface area contributed by atoms with Crippen LogP contribution in [0.15, 0.2) is 18.2 Å². The van der Waals surface area contributed by atoms with Gasteiger partial charge < -0.3 is 10.1 Å². The van der Waals surface area contributed by atoms with Crippen molar-refractivity contribution in [3.8, 4) is 5.75 Å². The summed E-state index contributed by atoms with van der Waals surface area (Å²) >= 11 is 0. The smallest absolute Gasteiger partial charge is 0.265 e. The zero-order valence-electron chi connectivity index (χ0n) is 16.9. The summed E-state index contributed by atoms with van der Waals surface area (Å²) in [6.07, 6.45) is 2.29. The molecular weight excluding hydrogens is 342 g/mol. The fourth-order valence-electron chi connectivity index (χ4n) is 3.82. The van der Waals surface area contributed by atoms with E-state index >= 15 is 0 Å². The molecule has 0 spiro atoms. The lowest BCUT2D eigenvalue weighted by molar-refractivity contribution is -0.125. The van der Waals surface area contributed by atoms with Gasteiger partial charge >= 0.3 is 0 Å². The first-order valence-electron chi connectivity index (χ1n) is 9.88. The molecule has 6 heteroatoms. The molecule has 27 heavy (non-hydrogen) atoms. The standard InChI is InChI=1S/C21H31N3O3/c1-5-23-10-6-7-16(23)12-22-19(25)13-24-17-11-15(21(2,3)4)8-9-18(17)27-14-20(24)26/h8-9,11,16H,5-7,10,12-14H2,1-4H3,(H,22,25). The molecule has 148 valence electrons. The Labute approximate surface area is 161 Å². The number of nitrogens with one attached hydrogen (secondary N) is 1. The number of hydrogen-bond donors (Lipinski definition) is 1. The Kier molecular flexibility index (Phi) is 5.75. The van der Waals surface area contributed by atoms with Crippen molar-refractivity contribution in [2.75, 3.05) is 37.7 Å². The molecule has 1 unspecified atom stereocenters. The molecular formula is C21H31N3O3. The molecule has 6 nitrogen and oxygen atoms in total. The molecule has 2 aliphatic rings. The van der Waals surface area contributed by atoms with Gasteiger partial charge in [0, 0.05) is 12.6 Å². The van der Waals surface area contributed by atoms with Crippen molar-refractivity contribution in [1.82, 2.24) is 10.2 Å². The van der Waals surface area contributed by atoms with E-state index in [2.05, 4.69) is 37.9 Å². The van der Waals surface area contributed by atoms with E-state index < -0.39 is 0 Å². The van der Waals surface area contributed by atoms with Crippen LogP contribution in [0.2, 0.25) is 0 Å². The second-order valence-corrected chi connectivity index (χ2v) is 8.43. The summed E-state index contributed by atoms with van der Waals surface area (Å²) in [6, 6.07) is 6.28. The van der Waals surface area contributed by atoms with Crippen LogP contribution in [0.4, 0.5) is 5.69 Å². The summed E-state index contributed by atoms with van der Waals surface area (Å²) in [7, 11) is 0. The van der Waals surface area contributed by atoms with E-state index in [9.17, 15) is 9.59 Å². The molecule has 1 aromatic carbocycles. The number of benzene rings is 1. The van der Waals surface area contributed by atoms with Gasteiger partial charge in [0.2, 0.25) is 5.91 Å². The fourth-order valence-corrected chi connectivity index (χ4v) is 3.82. The highest BCUT2D eigenvalue weighted by Crippen LogP contribution is 2.36. The van der Waals surface area contributed by atoms with Gasteiger partial charge in [-0.05, 0) is 49.0 Å². The average molecular weight is 373 g/mol. The van der Waals surface area contributed by atoms with Crippen molar-refractivity contribution >= 4 is 17.5 Å². The first-order valence-corrected chi connectivity index (χ1v) is 9.88. The lowest BCUT2D eigenvalue weighted by Gasteiger charge is -2.31. The Hall–Kier alpha value is -2.08. The molecule has 1 saturated heterocycles. The highest BCUT2D eigenvalue weighted by Gasteiger charge is 2.29. The topological polar surface area (TPSA) is 61.9 Å². The van der Waals surface area contributed by atoms with Crippen LogP contribution < -0.4 is 15.0 Å². The second-order valence-electron chi connectivity index (χ2n) is 8.43. The lowest BCUT2D eigenvalue weighted by atomic mass is 9.86. The van der Waals surface area contributed by atoms with E-state index in [0.717, 1.165) is 25.1 Å². The van der Waals surface area contributed by atoms with Crippen molar-refractivity contribution in [3.63, 3.8) is 0 Å². The number of rotatable bonds is 5. The van der Waals surface area contributed by atoms with E-state index in [1.165, 1.54) is 6.42 Å². The first kappa shape index (κ1) is 19.7. The van der Waals surface area contributed by atoms with Gasteiger partial charge in [0.1, 0.15) is 12.3 Å². The van der Waals surface area contributed by atoms with Crippen LogP contribution in [0.3, 0.4) is 0 Å². The molecule has 0 bridgehead atoms. The molecule has 1 aromatic rings. The van der Waals surface area contributed by atoms with Gasteiger partial charge in [0.05, 0.1) is 5.69 Å². The van der Waals surface area contributed by atoms with E-state index in [1.54, 1.807) is 4.90 Å². The number of anilines is 1. The minimum absolute atomic E-state index is 0.0264. The minimum atomic E-state index is -0.181. The van der Waals surface area contributed by atoms with Gasteiger partial charge in [-0.3, -0.25) is 19.4 Å². The van der Waals surface area contributed by atoms with Crippen molar-refractivity contribution in [1.29, 1.82) is 0 Å². The highest BCUT2D eigenvalue weighted by atomic mass is 16.5. The van der Waals surface area contributed by atoms with Gasteiger partial charge in [-0.15, -0.1) is 0 Å². The lowest BCUT2D eigenvalue weighted by Crippen LogP contribution is -2.47. The Morgan fingerprint density at radius 1 is 1.33 bits per heavy atom. The van der Waals surface area contributed by atoms with Crippen LogP contribution in [0.25, 0.3) is 0 Å². The number of likely N-dealkylation sites (tertiary alicyclic amines) is 1. The normalized spacial score (nSPS) is 20.4. The quantitative estimate of drug-likeness (QED) is 0.860. The van der Waals surface area contributed by atoms with Crippen LogP contribution in [0, 0.1) is 0 Å². The third kappa shape index (κ3) is 4.43. The van der Waals surface area contributed by atoms with Crippen LogP contribution in [-0.4, -0.2) is 55.5 Å². The molecule has 2 amide bonds. The number of nitrogens with zero attached hydrogens (tertiary/aromatic N) is 2. The van der Waals surface area contributed by atoms with Crippen molar-refractivity contribution in [3.05, 3.63) is 23.8 Å². The van der Waals surface area contributed by atoms with E-state index in [-0.39, 0.29) is 30.4 Å². The summed E-state index contributed by atoms with van der Waals surface area (Å²) in [4.78, 5) is 28.9. The zero-order chi connectivity index (χ0) is 19.6. The van der Waals surface area contributed by atoms with Gasteiger partial charge in [-0.1, -0.05) is 33.8 Å². The molecule has 1 fully saturated rings. The number of likely N-dealkylation sites (N-methyl/N-ethyl adjacent to an activating group) is 1. The summed E-state index contributed by atoms with van der Waals surface area (Å²) in [6.45, 7) is 11.3. The van der Waals surface area contributed by atoms with Crippen molar-refractivity contribution in [2.45, 2.75) is 52.0 Å². The van der Waals surface area contributed by atoms with Gasteiger partial charge in [0.25, 0.3) is 5.91 Å². The number of hydrogen-bond acceptors (Lipinski definition) is 4. The van der Waals surface area contributed by atoms with E-state index in [1.807, 2.05) is 18.2 Å². The van der Waals surface area contributed by atoms with Crippen LogP contribution >= 0.6 is 0 Å². The average Bonchev–Trinajstić information content (AvgIpc) is 3.09. The molecule has 1 N–H and O–H groups in total. The third-order valence-corrected chi connectivity index (χ3v) is 5.51. The molecule has 0 saturated carbocycles. The molecule has 0 aromatic heterocycles. The van der Waals surface area contributed by atoms with E-state index in [4.69, 9.17) is 4.74 Å². The summed E-state index contributed by atoms with van der Waals surface area (Å²) < 4.78 is 5.56. The minimum Gasteiger partial charge on any atom is -0.482 e. The van der Waals surface area contributed by atoms with Gasteiger partial charge in [-0.2, -0.15) is 0 Å².